The molecule has 0 aliphatic carbocycles. The third-order valence-electron chi connectivity index (χ3n) is 5.95. The summed E-state index contributed by atoms with van der Waals surface area (Å²) in [6, 6.07) is 15.9. The van der Waals surface area contributed by atoms with E-state index in [1.165, 1.54) is 17.1 Å². The number of halogens is 1. The molecule has 9 nitrogen and oxygen atoms in total. The molecule has 0 fully saturated rings. The Labute approximate surface area is 214 Å². The SMILES string of the molecule is CCC1CC(=O)N(Cc2ccccc2NC(=O)c2ccc(Cl)nn2)N=C1c1ccc(OC)c(OC)c1. The van der Waals surface area contributed by atoms with Gasteiger partial charge in [0.1, 0.15) is 0 Å². The van der Waals surface area contributed by atoms with Gasteiger partial charge in [0.05, 0.1) is 26.5 Å². The Morgan fingerprint density at radius 2 is 1.86 bits per heavy atom. The van der Waals surface area contributed by atoms with Gasteiger partial charge in [-0.05, 0) is 48.4 Å². The summed E-state index contributed by atoms with van der Waals surface area (Å²) in [6.45, 7) is 2.23. The number of hydrogen-bond donors (Lipinski definition) is 1. The lowest BCUT2D eigenvalue weighted by Crippen LogP contribution is -2.37. The largest absolute Gasteiger partial charge is 0.493 e. The first-order valence-corrected chi connectivity index (χ1v) is 11.8. The molecule has 2 heterocycles. The molecule has 3 aromatic rings. The Hall–Kier alpha value is -3.98. The summed E-state index contributed by atoms with van der Waals surface area (Å²) in [5.74, 6) is 0.668. The predicted molar refractivity (Wildman–Crippen MR) is 136 cm³/mol. The Kier molecular flexibility index (Phi) is 7.80. The van der Waals surface area contributed by atoms with Crippen LogP contribution in [0.5, 0.6) is 11.5 Å². The minimum absolute atomic E-state index is 0.0229. The Balaban J connectivity index is 1.62. The molecule has 10 heteroatoms. The number of amides is 2. The van der Waals surface area contributed by atoms with Gasteiger partial charge in [0, 0.05) is 23.6 Å². The van der Waals surface area contributed by atoms with E-state index in [-0.39, 0.29) is 29.2 Å². The number of hydrogen-bond acceptors (Lipinski definition) is 7. The molecule has 1 aromatic heterocycles. The first-order valence-electron chi connectivity index (χ1n) is 11.4. The number of anilines is 1. The second-order valence-corrected chi connectivity index (χ2v) is 8.56. The molecule has 4 rings (SSSR count). The number of benzene rings is 2. The van der Waals surface area contributed by atoms with Crippen molar-refractivity contribution in [2.45, 2.75) is 26.3 Å². The van der Waals surface area contributed by atoms with Crippen LogP contribution in [-0.4, -0.2) is 47.0 Å². The van der Waals surface area contributed by atoms with E-state index >= 15 is 0 Å². The molecule has 0 saturated heterocycles. The van der Waals surface area contributed by atoms with Crippen LogP contribution in [0, 0.1) is 5.92 Å². The molecular formula is C26H26ClN5O4. The van der Waals surface area contributed by atoms with Crippen molar-refractivity contribution in [3.63, 3.8) is 0 Å². The van der Waals surface area contributed by atoms with Crippen molar-refractivity contribution in [1.29, 1.82) is 0 Å². The maximum Gasteiger partial charge on any atom is 0.276 e. The van der Waals surface area contributed by atoms with E-state index in [4.69, 9.17) is 26.2 Å². The van der Waals surface area contributed by atoms with Crippen LogP contribution in [0.15, 0.2) is 59.7 Å². The molecule has 36 heavy (non-hydrogen) atoms. The monoisotopic (exact) mass is 507 g/mol. The van der Waals surface area contributed by atoms with Gasteiger partial charge in [-0.15, -0.1) is 10.2 Å². The molecule has 0 spiro atoms. The number of ether oxygens (including phenoxy) is 2. The van der Waals surface area contributed by atoms with Crippen LogP contribution >= 0.6 is 11.6 Å². The van der Waals surface area contributed by atoms with Crippen LogP contribution in [0.25, 0.3) is 0 Å². The average Bonchev–Trinajstić information content (AvgIpc) is 2.90. The van der Waals surface area contributed by atoms with Crippen molar-refractivity contribution in [2.24, 2.45) is 11.0 Å². The molecule has 1 aliphatic rings. The Morgan fingerprint density at radius 1 is 1.08 bits per heavy atom. The summed E-state index contributed by atoms with van der Waals surface area (Å²) >= 11 is 5.76. The van der Waals surface area contributed by atoms with Gasteiger partial charge < -0.3 is 14.8 Å². The number of carbonyl (C=O) groups excluding carboxylic acids is 2. The summed E-state index contributed by atoms with van der Waals surface area (Å²) in [4.78, 5) is 25.7. The van der Waals surface area contributed by atoms with Gasteiger partial charge in [0.2, 0.25) is 5.91 Å². The standard InChI is InChI=1S/C26H26ClN5O4/c1-4-16-14-24(33)32(31-25(16)17-9-11-21(35-2)22(13-17)36-3)15-18-7-5-6-8-19(18)28-26(34)20-10-12-23(27)30-29-20/h5-13,16H,4,14-15H2,1-3H3,(H,28,34). The summed E-state index contributed by atoms with van der Waals surface area (Å²) in [6.07, 6.45) is 1.10. The van der Waals surface area contributed by atoms with Crippen molar-refractivity contribution >= 4 is 34.8 Å². The number of para-hydroxylation sites is 1. The first-order chi connectivity index (χ1) is 17.4. The molecule has 2 amide bonds. The third-order valence-corrected chi connectivity index (χ3v) is 6.15. The van der Waals surface area contributed by atoms with Crippen LogP contribution in [0.3, 0.4) is 0 Å². The topological polar surface area (TPSA) is 106 Å². The van der Waals surface area contributed by atoms with Gasteiger partial charge in [0.15, 0.2) is 22.3 Å². The lowest BCUT2D eigenvalue weighted by Gasteiger charge is -2.30. The molecule has 1 atom stereocenters. The number of methoxy groups -OCH3 is 2. The van der Waals surface area contributed by atoms with Gasteiger partial charge >= 0.3 is 0 Å². The lowest BCUT2D eigenvalue weighted by molar-refractivity contribution is -0.133. The van der Waals surface area contributed by atoms with E-state index in [0.717, 1.165) is 23.3 Å². The predicted octanol–water partition coefficient (Wildman–Crippen LogP) is 4.56. The molecule has 1 unspecified atom stereocenters. The molecule has 1 N–H and O–H groups in total. The van der Waals surface area contributed by atoms with Crippen LogP contribution in [0.1, 0.15) is 41.4 Å². The second-order valence-electron chi connectivity index (χ2n) is 8.17. The van der Waals surface area contributed by atoms with Crippen molar-refractivity contribution in [3.8, 4) is 11.5 Å². The van der Waals surface area contributed by atoms with Gasteiger partial charge in [0.25, 0.3) is 5.91 Å². The molecule has 2 aromatic carbocycles. The summed E-state index contributed by atoms with van der Waals surface area (Å²) in [7, 11) is 3.17. The average molecular weight is 508 g/mol. The van der Waals surface area contributed by atoms with Crippen LogP contribution in [0.4, 0.5) is 5.69 Å². The fraction of sp³-hybridized carbons (Fsp3) is 0.269. The van der Waals surface area contributed by atoms with Crippen LogP contribution in [0.2, 0.25) is 5.15 Å². The van der Waals surface area contributed by atoms with Crippen LogP contribution < -0.4 is 14.8 Å². The van der Waals surface area contributed by atoms with Gasteiger partial charge in [-0.25, -0.2) is 5.01 Å². The molecular weight excluding hydrogens is 482 g/mol. The number of aromatic nitrogens is 2. The zero-order valence-corrected chi connectivity index (χ0v) is 21.0. The zero-order valence-electron chi connectivity index (χ0n) is 20.2. The Morgan fingerprint density at radius 3 is 2.56 bits per heavy atom. The molecule has 0 saturated carbocycles. The van der Waals surface area contributed by atoms with E-state index < -0.39 is 5.91 Å². The van der Waals surface area contributed by atoms with E-state index in [9.17, 15) is 9.59 Å². The maximum absolute atomic E-state index is 13.0. The zero-order chi connectivity index (χ0) is 25.7. The highest BCUT2D eigenvalue weighted by molar-refractivity contribution is 6.29. The highest BCUT2D eigenvalue weighted by atomic mass is 35.5. The number of hydrazone groups is 1. The fourth-order valence-electron chi connectivity index (χ4n) is 4.00. The molecule has 1 aliphatic heterocycles. The van der Waals surface area contributed by atoms with E-state index in [0.29, 0.717) is 23.6 Å². The van der Waals surface area contributed by atoms with Crippen molar-refractivity contribution in [3.05, 3.63) is 76.6 Å². The van der Waals surface area contributed by atoms with E-state index in [2.05, 4.69) is 15.5 Å². The van der Waals surface area contributed by atoms with Crippen LogP contribution in [-0.2, 0) is 11.3 Å². The van der Waals surface area contributed by atoms with Gasteiger partial charge in [-0.1, -0.05) is 36.7 Å². The van der Waals surface area contributed by atoms with Gasteiger partial charge in [-0.2, -0.15) is 5.10 Å². The number of rotatable bonds is 8. The normalized spacial score (nSPS) is 15.3. The quantitative estimate of drug-likeness (QED) is 0.479. The highest BCUT2D eigenvalue weighted by Gasteiger charge is 2.30. The van der Waals surface area contributed by atoms with Crippen molar-refractivity contribution in [2.75, 3.05) is 19.5 Å². The van der Waals surface area contributed by atoms with Crippen molar-refractivity contribution < 1.29 is 19.1 Å². The highest BCUT2D eigenvalue weighted by Crippen LogP contribution is 2.32. The first kappa shape index (κ1) is 25.1. The third kappa shape index (κ3) is 5.46. The van der Waals surface area contributed by atoms with E-state index in [1.54, 1.807) is 26.4 Å². The minimum Gasteiger partial charge on any atom is -0.493 e. The Bertz CT molecular complexity index is 1300. The lowest BCUT2D eigenvalue weighted by atomic mass is 9.89. The molecule has 0 radical (unpaired) electrons. The minimum atomic E-state index is -0.433. The summed E-state index contributed by atoms with van der Waals surface area (Å²) in [5, 5.41) is 16.8. The summed E-state index contributed by atoms with van der Waals surface area (Å²) < 4.78 is 10.8. The summed E-state index contributed by atoms with van der Waals surface area (Å²) in [5.41, 5.74) is 3.07. The number of carbonyl (C=O) groups is 2. The molecule has 186 valence electrons. The maximum atomic E-state index is 13.0. The fourth-order valence-corrected chi connectivity index (χ4v) is 4.10. The molecule has 0 bridgehead atoms. The number of nitrogens with one attached hydrogen (secondary N) is 1. The smallest absolute Gasteiger partial charge is 0.276 e. The van der Waals surface area contributed by atoms with Gasteiger partial charge in [-0.3, -0.25) is 9.59 Å². The van der Waals surface area contributed by atoms with E-state index in [1.807, 2.05) is 37.3 Å². The van der Waals surface area contributed by atoms with Crippen molar-refractivity contribution in [1.82, 2.24) is 15.2 Å². The number of nitrogens with zero attached hydrogens (tertiary/aromatic N) is 4. The second kappa shape index (κ2) is 11.2.